The highest BCUT2D eigenvalue weighted by Gasteiger charge is 2.22. The Morgan fingerprint density at radius 1 is 1.16 bits per heavy atom. The maximum Gasteiger partial charge on any atom is 0.155 e. The van der Waals surface area contributed by atoms with E-state index in [1.54, 1.807) is 24.5 Å². The van der Waals surface area contributed by atoms with Gasteiger partial charge in [0, 0.05) is 18.8 Å². The molecule has 3 N–H and O–H groups in total. The Morgan fingerprint density at radius 3 is 2.81 bits per heavy atom. The van der Waals surface area contributed by atoms with Crippen molar-refractivity contribution in [3.8, 4) is 22.0 Å². The second kappa shape index (κ2) is 9.18. The summed E-state index contributed by atoms with van der Waals surface area (Å²) in [6.07, 6.45) is 12.4. The molecule has 0 saturated heterocycles. The lowest BCUT2D eigenvalue weighted by Gasteiger charge is -2.07. The summed E-state index contributed by atoms with van der Waals surface area (Å²) in [5.74, 6) is 0.276. The fraction of sp³-hybridized carbons (Fsp3) is 0.217. The van der Waals surface area contributed by atoms with Crippen LogP contribution in [0.2, 0.25) is 0 Å². The van der Waals surface area contributed by atoms with Crippen LogP contribution in [0.1, 0.15) is 29.8 Å². The number of nitrogen functional groups attached to an aromatic ring is 1. The predicted octanol–water partition coefficient (Wildman–Crippen LogP) is 4.89. The zero-order valence-corrected chi connectivity index (χ0v) is 18.2. The molecule has 8 heteroatoms. The summed E-state index contributed by atoms with van der Waals surface area (Å²) >= 11 is 1.41. The molecule has 0 saturated carbocycles. The van der Waals surface area contributed by atoms with E-state index in [-0.39, 0.29) is 5.69 Å². The quantitative estimate of drug-likeness (QED) is 0.571. The van der Waals surface area contributed by atoms with Gasteiger partial charge in [0.05, 0.1) is 33.9 Å². The van der Waals surface area contributed by atoms with E-state index >= 15 is 0 Å². The van der Waals surface area contributed by atoms with Crippen molar-refractivity contribution < 1.29 is 4.39 Å². The number of rotatable bonds is 4. The summed E-state index contributed by atoms with van der Waals surface area (Å²) in [7, 11) is 1.84. The minimum atomic E-state index is -0.493. The Morgan fingerprint density at radius 2 is 2.03 bits per heavy atom. The number of aromatic nitrogens is 3. The average Bonchev–Trinajstić information content (AvgIpc) is 3.24. The number of aryl methyl sites for hydroxylation is 1. The van der Waals surface area contributed by atoms with E-state index in [1.807, 2.05) is 20.0 Å². The van der Waals surface area contributed by atoms with Gasteiger partial charge in [0.15, 0.2) is 5.82 Å². The number of anilines is 1. The van der Waals surface area contributed by atoms with Gasteiger partial charge in [0.25, 0.3) is 0 Å². The number of nitrogens with zero attached hydrogens (tertiary/aromatic N) is 4. The van der Waals surface area contributed by atoms with Crippen LogP contribution in [0.15, 0.2) is 59.6 Å². The molecule has 2 aromatic heterocycles. The van der Waals surface area contributed by atoms with Gasteiger partial charge >= 0.3 is 0 Å². The second-order valence-electron chi connectivity index (χ2n) is 7.12. The Kier molecular flexibility index (Phi) is 6.18. The summed E-state index contributed by atoms with van der Waals surface area (Å²) in [5.41, 5.74) is 8.91. The molecule has 0 atom stereocenters. The first-order valence-corrected chi connectivity index (χ1v) is 10.9. The summed E-state index contributed by atoms with van der Waals surface area (Å²) < 4.78 is 15.0. The van der Waals surface area contributed by atoms with Gasteiger partial charge in [-0.15, -0.1) is 11.3 Å². The molecule has 0 radical (unpaired) electrons. The van der Waals surface area contributed by atoms with Crippen LogP contribution in [0.4, 0.5) is 10.1 Å². The largest absolute Gasteiger partial charge is 0.396 e. The first-order chi connectivity index (χ1) is 15.1. The number of nitrogens with two attached hydrogens (primary N) is 1. The lowest BCUT2D eigenvalue weighted by Crippen LogP contribution is -2.07. The van der Waals surface area contributed by atoms with Gasteiger partial charge in [0.1, 0.15) is 16.5 Å². The number of hydrogen-bond donors (Lipinski definition) is 2. The van der Waals surface area contributed by atoms with Crippen molar-refractivity contribution in [1.82, 2.24) is 20.3 Å². The first kappa shape index (κ1) is 20.9. The van der Waals surface area contributed by atoms with Crippen LogP contribution in [-0.4, -0.2) is 27.7 Å². The van der Waals surface area contributed by atoms with Crippen molar-refractivity contribution in [2.75, 3.05) is 12.8 Å². The van der Waals surface area contributed by atoms with Gasteiger partial charge in [-0.3, -0.25) is 9.97 Å². The normalized spacial score (nSPS) is 15.3. The average molecular weight is 435 g/mol. The molecule has 31 heavy (non-hydrogen) atoms. The zero-order chi connectivity index (χ0) is 21.8. The molecule has 3 aromatic rings. The van der Waals surface area contributed by atoms with E-state index in [2.05, 4.69) is 27.4 Å². The van der Waals surface area contributed by atoms with E-state index in [4.69, 9.17) is 15.7 Å². The molecule has 1 aliphatic rings. The van der Waals surface area contributed by atoms with Crippen molar-refractivity contribution in [1.29, 1.82) is 0 Å². The highest BCUT2D eigenvalue weighted by atomic mass is 32.1. The summed E-state index contributed by atoms with van der Waals surface area (Å²) in [4.78, 5) is 19.1. The topological polar surface area (TPSA) is 89.1 Å². The highest BCUT2D eigenvalue weighted by molar-refractivity contribution is 7.17. The summed E-state index contributed by atoms with van der Waals surface area (Å²) in [6, 6.07) is 4.95. The van der Waals surface area contributed by atoms with Gasteiger partial charge in [-0.25, -0.2) is 14.4 Å². The minimum absolute atomic E-state index is 0.0795. The molecule has 0 aliphatic carbocycles. The van der Waals surface area contributed by atoms with Crippen LogP contribution in [0.5, 0.6) is 0 Å². The Balaban J connectivity index is 1.94. The maximum atomic E-state index is 15.0. The highest BCUT2D eigenvalue weighted by Crippen LogP contribution is 2.36. The fourth-order valence-corrected chi connectivity index (χ4v) is 4.20. The minimum Gasteiger partial charge on any atom is -0.396 e. The number of aliphatic imine (C=N–C) groups is 1. The number of benzene rings is 1. The lowest BCUT2D eigenvalue weighted by molar-refractivity contribution is 0.635. The number of thiazole rings is 1. The lowest BCUT2D eigenvalue weighted by atomic mass is 10.1. The molecule has 0 amide bonds. The third-order valence-electron chi connectivity index (χ3n) is 4.83. The van der Waals surface area contributed by atoms with E-state index in [0.717, 1.165) is 35.7 Å². The molecular weight excluding hydrogens is 411 g/mol. The molecule has 0 fully saturated rings. The van der Waals surface area contributed by atoms with Crippen molar-refractivity contribution in [2.24, 2.45) is 4.99 Å². The standard InChI is InChI=1S/C23H23FN6S/c1-14-12-28-18(13-27-14)23-30-21(15-8-7-9-16(25)20(15)24)22(31-23)17-10-5-3-4-6-11-19(26-2)29-17/h5,7-13,26H,3-4,6,25H2,1-2H3/b10-5+,19-11?,29-17?. The van der Waals surface area contributed by atoms with Gasteiger partial charge in [-0.2, -0.15) is 0 Å². The monoisotopic (exact) mass is 434 g/mol. The van der Waals surface area contributed by atoms with Crippen molar-refractivity contribution >= 4 is 22.7 Å². The van der Waals surface area contributed by atoms with Crippen molar-refractivity contribution in [2.45, 2.75) is 26.2 Å². The molecule has 4 rings (SSSR count). The van der Waals surface area contributed by atoms with E-state index < -0.39 is 5.82 Å². The summed E-state index contributed by atoms with van der Waals surface area (Å²) in [5, 5.41) is 3.77. The molecule has 1 aromatic carbocycles. The van der Waals surface area contributed by atoms with Crippen molar-refractivity contribution in [3.63, 3.8) is 0 Å². The van der Waals surface area contributed by atoms with Gasteiger partial charge in [-0.1, -0.05) is 12.1 Å². The molecule has 0 unspecified atom stereocenters. The molecule has 0 bridgehead atoms. The molecule has 1 aliphatic heterocycles. The molecule has 3 heterocycles. The molecule has 158 valence electrons. The molecule has 6 nitrogen and oxygen atoms in total. The van der Waals surface area contributed by atoms with Crippen LogP contribution in [-0.2, 0) is 0 Å². The van der Waals surface area contributed by atoms with Crippen LogP contribution >= 0.6 is 11.3 Å². The Labute approximate surface area is 184 Å². The Bertz CT molecular complexity index is 1180. The number of allylic oxidation sites excluding steroid dienone is 3. The number of halogens is 1. The van der Waals surface area contributed by atoms with Crippen LogP contribution in [0.25, 0.3) is 22.0 Å². The van der Waals surface area contributed by atoms with Gasteiger partial charge in [0.2, 0.25) is 0 Å². The van der Waals surface area contributed by atoms with E-state index in [9.17, 15) is 4.39 Å². The van der Waals surface area contributed by atoms with Crippen LogP contribution in [0, 0.1) is 12.7 Å². The molecular formula is C23H23FN6S. The Hall–Kier alpha value is -3.39. The third-order valence-corrected chi connectivity index (χ3v) is 5.93. The second-order valence-corrected chi connectivity index (χ2v) is 8.12. The predicted molar refractivity (Wildman–Crippen MR) is 124 cm³/mol. The van der Waals surface area contributed by atoms with Crippen molar-refractivity contribution in [3.05, 3.63) is 71.0 Å². The number of nitrogens with one attached hydrogen (secondary N) is 1. The van der Waals surface area contributed by atoms with Gasteiger partial charge in [-0.05, 0) is 50.5 Å². The SMILES string of the molecule is CNC1=CCCC/C=C/C(c2sc(-c3cnc(C)cn3)nc2-c2cccc(N)c2F)=N1. The smallest absolute Gasteiger partial charge is 0.155 e. The number of hydrogen-bond acceptors (Lipinski definition) is 7. The zero-order valence-electron chi connectivity index (χ0n) is 17.4. The maximum absolute atomic E-state index is 15.0. The van der Waals surface area contributed by atoms with E-state index in [1.165, 1.54) is 17.4 Å². The van der Waals surface area contributed by atoms with Gasteiger partial charge < -0.3 is 11.1 Å². The molecule has 0 spiro atoms. The van der Waals surface area contributed by atoms with E-state index in [0.29, 0.717) is 27.7 Å². The third kappa shape index (κ3) is 4.54. The fourth-order valence-electron chi connectivity index (χ4n) is 3.19. The van der Waals surface area contributed by atoms with Crippen LogP contribution in [0.3, 0.4) is 0 Å². The summed E-state index contributed by atoms with van der Waals surface area (Å²) in [6.45, 7) is 1.88. The van der Waals surface area contributed by atoms with Crippen LogP contribution < -0.4 is 11.1 Å². The first-order valence-electron chi connectivity index (χ1n) is 10.0.